The number of piperazine rings is 1. The molecule has 0 saturated carbocycles. The van der Waals surface area contributed by atoms with Crippen molar-refractivity contribution in [1.29, 1.82) is 0 Å². The van der Waals surface area contributed by atoms with Crippen LogP contribution in [-0.2, 0) is 6.18 Å². The molecule has 5 rings (SSSR count). The van der Waals surface area contributed by atoms with Gasteiger partial charge in [-0.15, -0.1) is 5.10 Å². The minimum Gasteiger partial charge on any atom is -0.504 e. The van der Waals surface area contributed by atoms with Crippen LogP contribution in [0.1, 0.15) is 39.7 Å². The Kier molecular flexibility index (Phi) is 8.60. The van der Waals surface area contributed by atoms with Gasteiger partial charge in [0.25, 0.3) is 0 Å². The van der Waals surface area contributed by atoms with Crippen molar-refractivity contribution in [2.75, 3.05) is 39.8 Å². The molecule has 0 unspecified atom stereocenters. The Morgan fingerprint density at radius 2 is 1.69 bits per heavy atom. The lowest BCUT2D eigenvalue weighted by atomic mass is 10.00. The first kappa shape index (κ1) is 29.3. The van der Waals surface area contributed by atoms with Gasteiger partial charge in [-0.05, 0) is 70.8 Å². The van der Waals surface area contributed by atoms with E-state index in [0.717, 1.165) is 28.4 Å². The summed E-state index contributed by atoms with van der Waals surface area (Å²) < 4.78 is 48.0. The Balaban J connectivity index is 1.40. The fourth-order valence-corrected chi connectivity index (χ4v) is 5.41. The van der Waals surface area contributed by atoms with E-state index in [0.29, 0.717) is 49.9 Å². The van der Waals surface area contributed by atoms with Crippen molar-refractivity contribution in [3.63, 3.8) is 0 Å². The highest BCUT2D eigenvalue weighted by atomic mass is 19.4. The first-order chi connectivity index (χ1) is 20.2. The molecule has 1 saturated heterocycles. The molecule has 1 aliphatic heterocycles. The average molecular weight is 579 g/mol. The van der Waals surface area contributed by atoms with E-state index in [1.807, 2.05) is 50.3 Å². The second-order valence-corrected chi connectivity index (χ2v) is 10.4. The number of benzene rings is 3. The predicted molar refractivity (Wildman–Crippen MR) is 154 cm³/mol. The fourth-order valence-electron chi connectivity index (χ4n) is 5.41. The lowest BCUT2D eigenvalue weighted by Crippen LogP contribution is -2.48. The molecule has 1 aliphatic rings. The van der Waals surface area contributed by atoms with Crippen LogP contribution in [0.3, 0.4) is 0 Å². The largest absolute Gasteiger partial charge is 0.504 e. The lowest BCUT2D eigenvalue weighted by Gasteiger charge is -2.38. The normalized spacial score (nSPS) is 15.8. The van der Waals surface area contributed by atoms with Crippen molar-refractivity contribution >= 4 is 6.08 Å². The second-order valence-electron chi connectivity index (χ2n) is 10.4. The van der Waals surface area contributed by atoms with Gasteiger partial charge in [0.05, 0.1) is 24.4 Å². The molecule has 3 aromatic carbocycles. The van der Waals surface area contributed by atoms with E-state index in [1.54, 1.807) is 22.9 Å². The van der Waals surface area contributed by atoms with E-state index in [9.17, 15) is 18.3 Å². The van der Waals surface area contributed by atoms with Crippen LogP contribution in [-0.4, -0.2) is 74.9 Å². The van der Waals surface area contributed by atoms with Crippen molar-refractivity contribution in [3.8, 4) is 17.2 Å². The van der Waals surface area contributed by atoms with Crippen LogP contribution >= 0.6 is 0 Å². The third kappa shape index (κ3) is 6.32. The molecular weight excluding hydrogens is 545 g/mol. The van der Waals surface area contributed by atoms with Crippen molar-refractivity contribution < 1.29 is 23.0 Å². The number of aromatic nitrogens is 4. The Labute approximate surface area is 242 Å². The molecule has 0 radical (unpaired) electrons. The molecular formula is C31H33F3N6O2. The van der Waals surface area contributed by atoms with Crippen molar-refractivity contribution in [2.24, 2.45) is 0 Å². The maximum atomic E-state index is 13.7. The highest BCUT2D eigenvalue weighted by Crippen LogP contribution is 2.35. The molecule has 4 aromatic rings. The topological polar surface area (TPSA) is 79.5 Å². The van der Waals surface area contributed by atoms with E-state index in [1.165, 1.54) is 19.2 Å². The molecule has 8 nitrogen and oxygen atoms in total. The summed E-state index contributed by atoms with van der Waals surface area (Å²) in [5, 5.41) is 22.4. The van der Waals surface area contributed by atoms with Crippen molar-refractivity contribution in [3.05, 3.63) is 100 Å². The summed E-state index contributed by atoms with van der Waals surface area (Å²) in [5.74, 6) is 0.973. The third-order valence-electron chi connectivity index (χ3n) is 7.57. The monoisotopic (exact) mass is 578 g/mol. The first-order valence-corrected chi connectivity index (χ1v) is 13.7. The Hall–Kier alpha value is -4.22. The van der Waals surface area contributed by atoms with Gasteiger partial charge < -0.3 is 9.84 Å². The van der Waals surface area contributed by atoms with Crippen molar-refractivity contribution in [1.82, 2.24) is 30.0 Å². The van der Waals surface area contributed by atoms with Crippen LogP contribution < -0.4 is 4.74 Å². The number of rotatable bonds is 8. The number of hydrogen-bond acceptors (Lipinski definition) is 7. The average Bonchev–Trinajstić information content (AvgIpc) is 3.43. The molecule has 0 amide bonds. The van der Waals surface area contributed by atoms with Crippen LogP contribution in [0.25, 0.3) is 11.8 Å². The number of phenols is 1. The van der Waals surface area contributed by atoms with E-state index < -0.39 is 17.8 Å². The molecule has 42 heavy (non-hydrogen) atoms. The zero-order valence-corrected chi connectivity index (χ0v) is 23.7. The fraction of sp³-hybridized carbons (Fsp3) is 0.323. The van der Waals surface area contributed by atoms with Gasteiger partial charge in [0.2, 0.25) is 0 Å². The molecule has 1 aromatic heterocycles. The third-order valence-corrected chi connectivity index (χ3v) is 7.57. The van der Waals surface area contributed by atoms with Crippen LogP contribution in [0.2, 0.25) is 0 Å². The number of aromatic hydroxyl groups is 1. The zero-order chi connectivity index (χ0) is 29.9. The van der Waals surface area contributed by atoms with Crippen molar-refractivity contribution in [2.45, 2.75) is 26.1 Å². The minimum absolute atomic E-state index is 0.0877. The molecule has 0 spiro atoms. The Morgan fingerprint density at radius 3 is 2.38 bits per heavy atom. The van der Waals surface area contributed by atoms with E-state index in [4.69, 9.17) is 4.74 Å². The number of para-hydroxylation sites is 1. The van der Waals surface area contributed by atoms with Crippen LogP contribution in [0.4, 0.5) is 13.2 Å². The summed E-state index contributed by atoms with van der Waals surface area (Å²) in [4.78, 5) is 4.43. The minimum atomic E-state index is -4.47. The quantitative estimate of drug-likeness (QED) is 0.299. The van der Waals surface area contributed by atoms with Gasteiger partial charge in [-0.2, -0.15) is 17.9 Å². The maximum Gasteiger partial charge on any atom is 0.416 e. The summed E-state index contributed by atoms with van der Waals surface area (Å²) in [5.41, 5.74) is 3.45. The molecule has 2 heterocycles. The Morgan fingerprint density at radius 1 is 0.976 bits per heavy atom. The smallest absolute Gasteiger partial charge is 0.416 e. The van der Waals surface area contributed by atoms with Crippen LogP contribution in [0.15, 0.2) is 66.7 Å². The molecule has 220 valence electrons. The maximum absolute atomic E-state index is 13.7. The molecule has 11 heteroatoms. The van der Waals surface area contributed by atoms with Gasteiger partial charge in [-0.1, -0.05) is 48.6 Å². The lowest BCUT2D eigenvalue weighted by molar-refractivity contribution is -0.137. The molecule has 0 bridgehead atoms. The number of hydrogen-bond donors (Lipinski definition) is 1. The molecule has 0 aliphatic carbocycles. The summed E-state index contributed by atoms with van der Waals surface area (Å²) in [7, 11) is 1.51. The highest BCUT2D eigenvalue weighted by molar-refractivity contribution is 5.55. The van der Waals surface area contributed by atoms with E-state index in [-0.39, 0.29) is 5.75 Å². The summed E-state index contributed by atoms with van der Waals surface area (Å²) >= 11 is 0. The second kappa shape index (κ2) is 12.3. The standard InChI is InChI=1S/C31H33F3N6O2/c1-21-7-4-8-22(2)28(21)40-30(35-36-37-40)29(24-10-5-11-25(20-24)31(32,33)34)39-17-15-38(16-18-39)14-6-9-23-12-13-26(41)27(19-23)42-3/h4-13,19-20,29,41H,14-18H2,1-3H3/t29-/m0/s1. The van der Waals surface area contributed by atoms with Gasteiger partial charge in [-0.25, -0.2) is 0 Å². The van der Waals surface area contributed by atoms with Gasteiger partial charge in [0.1, 0.15) is 0 Å². The number of alkyl halides is 3. The van der Waals surface area contributed by atoms with Gasteiger partial charge in [0, 0.05) is 32.7 Å². The number of tetrazole rings is 1. The number of phenolic OH excluding ortho intramolecular Hbond substituents is 1. The van der Waals surface area contributed by atoms with E-state index in [2.05, 4.69) is 25.3 Å². The number of aryl methyl sites for hydroxylation is 2. The Bertz CT molecular complexity index is 1540. The first-order valence-electron chi connectivity index (χ1n) is 13.7. The number of nitrogens with zero attached hydrogens (tertiary/aromatic N) is 6. The van der Waals surface area contributed by atoms with Gasteiger partial charge >= 0.3 is 6.18 Å². The number of ether oxygens (including phenoxy) is 1. The predicted octanol–water partition coefficient (Wildman–Crippen LogP) is 5.43. The summed E-state index contributed by atoms with van der Waals surface area (Å²) in [6, 6.07) is 15.9. The van der Waals surface area contributed by atoms with Gasteiger partial charge in [0.15, 0.2) is 17.3 Å². The summed E-state index contributed by atoms with van der Waals surface area (Å²) in [6.45, 7) is 7.28. The SMILES string of the molecule is COc1cc(C=CCN2CCN([C@@H](c3cccc(C(F)(F)F)c3)c3nnnn3-c3c(C)cccc3C)CC2)ccc1O. The highest BCUT2D eigenvalue weighted by Gasteiger charge is 2.35. The van der Waals surface area contributed by atoms with Gasteiger partial charge in [-0.3, -0.25) is 9.80 Å². The molecule has 1 atom stereocenters. The number of halogens is 3. The molecule has 1 N–H and O–H groups in total. The van der Waals surface area contributed by atoms with Crippen LogP contribution in [0.5, 0.6) is 11.5 Å². The summed E-state index contributed by atoms with van der Waals surface area (Å²) in [6.07, 6.45) is -0.447. The molecule has 1 fully saturated rings. The number of methoxy groups -OCH3 is 1. The zero-order valence-electron chi connectivity index (χ0n) is 23.7. The van der Waals surface area contributed by atoms with E-state index >= 15 is 0 Å². The van der Waals surface area contributed by atoms with Crippen LogP contribution in [0, 0.1) is 13.8 Å².